The van der Waals surface area contributed by atoms with Crippen LogP contribution in [0.5, 0.6) is 0 Å². The van der Waals surface area contributed by atoms with Gasteiger partial charge in [-0.15, -0.1) is 0 Å². The zero-order valence-electron chi connectivity index (χ0n) is 5.18. The van der Waals surface area contributed by atoms with Crippen molar-refractivity contribution < 1.29 is 9.59 Å². The lowest BCUT2D eigenvalue weighted by molar-refractivity contribution is -0.124. The molecule has 0 atom stereocenters. The molecule has 3 heteroatoms. The quantitative estimate of drug-likeness (QED) is 0.406. The Bertz CT molecular complexity index is 166. The number of Topliss-reactive ketones (excluding diaryl/α,β-unsaturated/α-hetero) is 2. The number of carbonyl (C=O) groups is 2. The summed E-state index contributed by atoms with van der Waals surface area (Å²) in [6.07, 6.45) is -0.0949. The summed E-state index contributed by atoms with van der Waals surface area (Å²) < 4.78 is 0. The molecular formula is C6H7NO2. The lowest BCUT2D eigenvalue weighted by atomic mass is 10.2. The maximum absolute atomic E-state index is 10.4. The summed E-state index contributed by atoms with van der Waals surface area (Å²) in [5, 5.41) is 0. The lowest BCUT2D eigenvalue weighted by Gasteiger charge is -1.84. The Morgan fingerprint density at radius 3 is 2.44 bits per heavy atom. The largest absolute Gasteiger partial charge is 0.309 e. The molecule has 0 saturated heterocycles. The highest BCUT2D eigenvalue weighted by molar-refractivity contribution is 5.99. The van der Waals surface area contributed by atoms with Gasteiger partial charge in [0.05, 0.1) is 6.42 Å². The minimum atomic E-state index is -0.294. The minimum absolute atomic E-state index is 0.0949. The average molecular weight is 125 g/mol. The van der Waals surface area contributed by atoms with Gasteiger partial charge in [-0.1, -0.05) is 0 Å². The van der Waals surface area contributed by atoms with E-state index in [-0.39, 0.29) is 24.5 Å². The van der Waals surface area contributed by atoms with Crippen LogP contribution in [0.25, 0.3) is 4.85 Å². The number of ketones is 2. The molecule has 0 rings (SSSR count). The highest BCUT2D eigenvalue weighted by Gasteiger charge is 2.05. The Labute approximate surface area is 53.5 Å². The van der Waals surface area contributed by atoms with Crippen LogP contribution in [-0.4, -0.2) is 18.1 Å². The Kier molecular flexibility index (Phi) is 3.29. The summed E-state index contributed by atoms with van der Waals surface area (Å²) in [5.74, 6) is -0.471. The molecule has 0 spiro atoms. The van der Waals surface area contributed by atoms with Crippen molar-refractivity contribution in [1.82, 2.24) is 0 Å². The first-order chi connectivity index (χ1) is 4.16. The Balaban J connectivity index is 3.54. The fourth-order valence-electron chi connectivity index (χ4n) is 0.422. The predicted octanol–water partition coefficient (Wildman–Crippen LogP) is 0.454. The summed E-state index contributed by atoms with van der Waals surface area (Å²) in [5.41, 5.74) is 0. The van der Waals surface area contributed by atoms with Gasteiger partial charge < -0.3 is 4.85 Å². The first-order valence-electron chi connectivity index (χ1n) is 2.51. The zero-order chi connectivity index (χ0) is 7.28. The van der Waals surface area contributed by atoms with Gasteiger partial charge in [-0.2, -0.15) is 0 Å². The van der Waals surface area contributed by atoms with Gasteiger partial charge in [-0.05, 0) is 6.92 Å². The SMILES string of the molecule is [C-]#[N+]CC(=O)CC(C)=O. The Morgan fingerprint density at radius 1 is 1.56 bits per heavy atom. The minimum Gasteiger partial charge on any atom is -0.309 e. The third-order valence-corrected chi connectivity index (χ3v) is 0.702. The maximum Gasteiger partial charge on any atom is 0.272 e. The van der Waals surface area contributed by atoms with E-state index >= 15 is 0 Å². The molecule has 0 radical (unpaired) electrons. The van der Waals surface area contributed by atoms with E-state index in [4.69, 9.17) is 6.57 Å². The van der Waals surface area contributed by atoms with Gasteiger partial charge >= 0.3 is 0 Å². The number of rotatable bonds is 3. The van der Waals surface area contributed by atoms with E-state index in [0.29, 0.717) is 0 Å². The van der Waals surface area contributed by atoms with Gasteiger partial charge in [0.25, 0.3) is 6.54 Å². The molecule has 3 nitrogen and oxygen atoms in total. The topological polar surface area (TPSA) is 38.5 Å². The molecule has 0 amide bonds. The smallest absolute Gasteiger partial charge is 0.272 e. The van der Waals surface area contributed by atoms with Crippen molar-refractivity contribution >= 4 is 11.6 Å². The standard InChI is InChI=1S/C6H7NO2/c1-5(8)3-6(9)4-7-2/h3-4H2,1H3. The number of carbonyl (C=O) groups excluding carboxylic acids is 2. The molecule has 0 aliphatic heterocycles. The molecule has 0 aliphatic carbocycles. The number of nitrogens with zero attached hydrogens (tertiary/aromatic N) is 1. The summed E-state index contributed by atoms with van der Waals surface area (Å²) in [7, 11) is 0. The Morgan fingerprint density at radius 2 is 2.11 bits per heavy atom. The Hall–Kier alpha value is -1.17. The highest BCUT2D eigenvalue weighted by Crippen LogP contribution is 1.84. The van der Waals surface area contributed by atoms with Crippen LogP contribution in [0.1, 0.15) is 13.3 Å². The second kappa shape index (κ2) is 3.79. The summed E-state index contributed by atoms with van der Waals surface area (Å²) in [4.78, 5) is 23.5. The second-order valence-corrected chi connectivity index (χ2v) is 1.73. The number of hydrogen-bond acceptors (Lipinski definition) is 2. The van der Waals surface area contributed by atoms with E-state index in [2.05, 4.69) is 4.85 Å². The van der Waals surface area contributed by atoms with Crippen molar-refractivity contribution in [1.29, 1.82) is 0 Å². The van der Waals surface area contributed by atoms with E-state index in [1.165, 1.54) is 6.92 Å². The lowest BCUT2D eigenvalue weighted by Crippen LogP contribution is -2.05. The zero-order valence-corrected chi connectivity index (χ0v) is 5.18. The normalized spacial score (nSPS) is 8.00. The van der Waals surface area contributed by atoms with Gasteiger partial charge in [0.15, 0.2) is 0 Å². The van der Waals surface area contributed by atoms with Crippen LogP contribution in [0.4, 0.5) is 0 Å². The van der Waals surface area contributed by atoms with Crippen molar-refractivity contribution in [3.63, 3.8) is 0 Å². The molecule has 0 unspecified atom stereocenters. The van der Waals surface area contributed by atoms with Crippen molar-refractivity contribution in [2.45, 2.75) is 13.3 Å². The summed E-state index contributed by atoms with van der Waals surface area (Å²) in [6, 6.07) is 0. The van der Waals surface area contributed by atoms with Gasteiger partial charge in [0.2, 0.25) is 5.78 Å². The van der Waals surface area contributed by atoms with Crippen LogP contribution in [0.2, 0.25) is 0 Å². The maximum atomic E-state index is 10.4. The molecule has 0 bridgehead atoms. The molecule has 0 aromatic carbocycles. The fraction of sp³-hybridized carbons (Fsp3) is 0.500. The van der Waals surface area contributed by atoms with Crippen molar-refractivity contribution in [3.8, 4) is 0 Å². The highest BCUT2D eigenvalue weighted by atomic mass is 16.1. The first kappa shape index (κ1) is 7.83. The fourth-order valence-corrected chi connectivity index (χ4v) is 0.422. The third kappa shape index (κ3) is 4.69. The van der Waals surface area contributed by atoms with Crippen LogP contribution in [-0.2, 0) is 9.59 Å². The molecule has 0 aliphatic rings. The van der Waals surface area contributed by atoms with Gasteiger partial charge in [0, 0.05) is 0 Å². The molecule has 0 fully saturated rings. The monoisotopic (exact) mass is 125 g/mol. The van der Waals surface area contributed by atoms with E-state index in [9.17, 15) is 9.59 Å². The predicted molar refractivity (Wildman–Crippen MR) is 31.8 cm³/mol. The van der Waals surface area contributed by atoms with E-state index in [0.717, 1.165) is 0 Å². The summed E-state index contributed by atoms with van der Waals surface area (Å²) in [6.45, 7) is 7.44. The van der Waals surface area contributed by atoms with E-state index in [1.54, 1.807) is 0 Å². The molecule has 0 saturated carbocycles. The van der Waals surface area contributed by atoms with Crippen molar-refractivity contribution in [3.05, 3.63) is 11.4 Å². The summed E-state index contributed by atoms with van der Waals surface area (Å²) >= 11 is 0. The molecule has 0 N–H and O–H groups in total. The molecule has 0 aromatic rings. The van der Waals surface area contributed by atoms with Crippen LogP contribution in [0.3, 0.4) is 0 Å². The van der Waals surface area contributed by atoms with Gasteiger partial charge in [-0.3, -0.25) is 9.59 Å². The van der Waals surface area contributed by atoms with Crippen molar-refractivity contribution in [2.75, 3.05) is 6.54 Å². The molecule has 48 valence electrons. The van der Waals surface area contributed by atoms with E-state index < -0.39 is 0 Å². The van der Waals surface area contributed by atoms with E-state index in [1.807, 2.05) is 0 Å². The van der Waals surface area contributed by atoms with Gasteiger partial charge in [0.1, 0.15) is 5.78 Å². The molecule has 9 heavy (non-hydrogen) atoms. The molecule has 0 heterocycles. The van der Waals surface area contributed by atoms with Gasteiger partial charge in [-0.25, -0.2) is 6.57 Å². The first-order valence-corrected chi connectivity index (χ1v) is 2.51. The van der Waals surface area contributed by atoms with Crippen LogP contribution >= 0.6 is 0 Å². The van der Waals surface area contributed by atoms with Crippen LogP contribution in [0.15, 0.2) is 0 Å². The molecular weight excluding hydrogens is 118 g/mol. The number of hydrogen-bond donors (Lipinski definition) is 0. The molecule has 0 aromatic heterocycles. The van der Waals surface area contributed by atoms with Crippen LogP contribution in [0, 0.1) is 6.57 Å². The van der Waals surface area contributed by atoms with Crippen LogP contribution < -0.4 is 0 Å². The average Bonchev–Trinajstić information content (AvgIpc) is 1.63. The van der Waals surface area contributed by atoms with Crippen molar-refractivity contribution in [2.24, 2.45) is 0 Å². The second-order valence-electron chi connectivity index (χ2n) is 1.73. The third-order valence-electron chi connectivity index (χ3n) is 0.702.